The molecular weight excluding hydrogens is 421 g/mol. The summed E-state index contributed by atoms with van der Waals surface area (Å²) in [5.74, 6) is 1.02. The van der Waals surface area contributed by atoms with Gasteiger partial charge in [-0.25, -0.2) is 0 Å². The van der Waals surface area contributed by atoms with Crippen LogP contribution in [0.1, 0.15) is 41.3 Å². The summed E-state index contributed by atoms with van der Waals surface area (Å²) in [5, 5.41) is 3.52. The van der Waals surface area contributed by atoms with Crippen molar-refractivity contribution in [2.45, 2.75) is 50.6 Å². The summed E-state index contributed by atoms with van der Waals surface area (Å²) in [6, 6.07) is 5.78. The number of hydrogen-bond donors (Lipinski definition) is 3. The molecule has 1 aromatic rings. The van der Waals surface area contributed by atoms with E-state index in [2.05, 4.69) is 18.5 Å². The molecule has 0 radical (unpaired) electrons. The van der Waals surface area contributed by atoms with Crippen molar-refractivity contribution in [3.63, 3.8) is 0 Å². The number of amides is 1. The first-order valence-corrected chi connectivity index (χ1v) is 10.8. The molecular formula is C19H33Cl2N3OS2. The van der Waals surface area contributed by atoms with Crippen LogP contribution in [0.15, 0.2) is 18.2 Å². The van der Waals surface area contributed by atoms with E-state index in [4.69, 9.17) is 18.4 Å². The zero-order valence-electron chi connectivity index (χ0n) is 16.5. The van der Waals surface area contributed by atoms with E-state index in [1.54, 1.807) is 11.8 Å². The summed E-state index contributed by atoms with van der Waals surface area (Å²) in [6.07, 6.45) is 3.76. The Labute approximate surface area is 186 Å². The summed E-state index contributed by atoms with van der Waals surface area (Å²) in [6.45, 7) is 7.53. The molecule has 1 heterocycles. The number of benzene rings is 1. The summed E-state index contributed by atoms with van der Waals surface area (Å²) >= 11 is 6.58. The number of nitrogens with zero attached hydrogens (tertiary/aromatic N) is 1. The quantitative estimate of drug-likeness (QED) is 0.574. The second-order valence-electron chi connectivity index (χ2n) is 6.88. The van der Waals surface area contributed by atoms with Crippen molar-refractivity contribution in [2.24, 2.45) is 5.73 Å². The van der Waals surface area contributed by atoms with Gasteiger partial charge < -0.3 is 10.6 Å². The van der Waals surface area contributed by atoms with Crippen LogP contribution >= 0.6 is 49.2 Å². The van der Waals surface area contributed by atoms with E-state index in [-0.39, 0.29) is 42.0 Å². The Balaban J connectivity index is 0.00000338. The molecule has 1 fully saturated rings. The third-order valence-electron chi connectivity index (χ3n) is 5.27. The number of nitrogens with two attached hydrogens (primary N) is 1. The first kappa shape index (κ1) is 26.9. The number of thioether (sulfide) groups is 1. The molecule has 156 valence electrons. The van der Waals surface area contributed by atoms with Crippen molar-refractivity contribution in [1.29, 1.82) is 0 Å². The Kier molecular flexibility index (Phi) is 11.7. The minimum atomic E-state index is -0.600. The van der Waals surface area contributed by atoms with Crippen molar-refractivity contribution in [3.8, 4) is 0 Å². The van der Waals surface area contributed by atoms with Gasteiger partial charge >= 0.3 is 0 Å². The number of piperazine rings is 1. The minimum Gasteiger partial charge on any atom is -0.330 e. The average Bonchev–Trinajstić information content (AvgIpc) is 2.61. The van der Waals surface area contributed by atoms with Crippen LogP contribution in [-0.4, -0.2) is 52.9 Å². The van der Waals surface area contributed by atoms with Crippen LogP contribution in [0.25, 0.3) is 0 Å². The van der Waals surface area contributed by atoms with Crippen LogP contribution in [0.5, 0.6) is 0 Å². The lowest BCUT2D eigenvalue weighted by atomic mass is 9.88. The van der Waals surface area contributed by atoms with Gasteiger partial charge in [0.2, 0.25) is 0 Å². The predicted octanol–water partition coefficient (Wildman–Crippen LogP) is 3.68. The predicted molar refractivity (Wildman–Crippen MR) is 126 cm³/mol. The van der Waals surface area contributed by atoms with Gasteiger partial charge in [-0.3, -0.25) is 10.1 Å². The number of hydrogen-bond acceptors (Lipinski definition) is 5. The van der Waals surface area contributed by atoms with Gasteiger partial charge in [-0.1, -0.05) is 19.1 Å². The summed E-state index contributed by atoms with van der Waals surface area (Å²) in [7, 11) is 0. The lowest BCUT2D eigenvalue weighted by Gasteiger charge is -2.51. The maximum atomic E-state index is 13.4. The fourth-order valence-electron chi connectivity index (χ4n) is 3.58. The molecule has 0 saturated carbocycles. The van der Waals surface area contributed by atoms with E-state index in [9.17, 15) is 4.79 Å². The fraction of sp³-hybridized carbons (Fsp3) is 0.632. The van der Waals surface area contributed by atoms with E-state index in [1.165, 1.54) is 0 Å². The van der Waals surface area contributed by atoms with E-state index in [0.717, 1.165) is 35.3 Å². The SMILES string of the molecule is CCC(S)C1N(C(=O)c2cccc(C)c2C)CCNC1(N)CCSC.Cl.Cl. The molecule has 0 bridgehead atoms. The molecule has 0 spiro atoms. The molecule has 1 amide bonds. The first-order chi connectivity index (χ1) is 11.9. The van der Waals surface area contributed by atoms with Crippen molar-refractivity contribution >= 4 is 55.1 Å². The summed E-state index contributed by atoms with van der Waals surface area (Å²) in [5.41, 5.74) is 9.13. The molecule has 4 nitrogen and oxygen atoms in total. The number of thiol groups is 1. The molecule has 0 aromatic heterocycles. The molecule has 1 aromatic carbocycles. The molecule has 3 unspecified atom stereocenters. The van der Waals surface area contributed by atoms with Gasteiger partial charge in [0.1, 0.15) is 0 Å². The van der Waals surface area contributed by atoms with Crippen LogP contribution in [-0.2, 0) is 0 Å². The van der Waals surface area contributed by atoms with Crippen LogP contribution < -0.4 is 11.1 Å². The van der Waals surface area contributed by atoms with Gasteiger partial charge in [0.15, 0.2) is 0 Å². The molecule has 27 heavy (non-hydrogen) atoms. The minimum absolute atomic E-state index is 0. The van der Waals surface area contributed by atoms with Crippen LogP contribution in [0.2, 0.25) is 0 Å². The third-order valence-corrected chi connectivity index (χ3v) is 6.53. The number of nitrogens with one attached hydrogen (secondary N) is 1. The number of rotatable bonds is 6. The second kappa shape index (κ2) is 11.8. The lowest BCUT2D eigenvalue weighted by Crippen LogP contribution is -2.75. The fourth-order valence-corrected chi connectivity index (χ4v) is 4.55. The van der Waals surface area contributed by atoms with E-state index in [0.29, 0.717) is 13.1 Å². The standard InChI is InChI=1S/C19H31N3OS2.2ClH/c1-5-16(24)17-19(20,9-12-25-4)21-10-11-22(17)18(23)15-8-6-7-13(2)14(15)3;;/h6-8,16-17,21,24H,5,9-12,20H2,1-4H3;2*1H. The number of carbonyl (C=O) groups excluding carboxylic acids is 1. The average molecular weight is 455 g/mol. The highest BCUT2D eigenvalue weighted by atomic mass is 35.5. The molecule has 8 heteroatoms. The molecule has 1 aliphatic heterocycles. The summed E-state index contributed by atoms with van der Waals surface area (Å²) in [4.78, 5) is 15.3. The van der Waals surface area contributed by atoms with E-state index < -0.39 is 5.66 Å². The van der Waals surface area contributed by atoms with Gasteiger partial charge in [0, 0.05) is 23.9 Å². The Morgan fingerprint density at radius 3 is 2.70 bits per heavy atom. The van der Waals surface area contributed by atoms with Crippen molar-refractivity contribution in [1.82, 2.24) is 10.2 Å². The van der Waals surface area contributed by atoms with Gasteiger partial charge in [-0.2, -0.15) is 24.4 Å². The number of aryl methyl sites for hydroxylation is 1. The molecule has 1 saturated heterocycles. The van der Waals surface area contributed by atoms with E-state index >= 15 is 0 Å². The first-order valence-electron chi connectivity index (χ1n) is 8.93. The van der Waals surface area contributed by atoms with Crippen LogP contribution in [0, 0.1) is 13.8 Å². The largest absolute Gasteiger partial charge is 0.330 e. The Morgan fingerprint density at radius 1 is 1.44 bits per heavy atom. The zero-order chi connectivity index (χ0) is 18.6. The van der Waals surface area contributed by atoms with Gasteiger partial charge in [0.25, 0.3) is 5.91 Å². The molecule has 0 aliphatic carbocycles. The Morgan fingerprint density at radius 2 is 2.11 bits per heavy atom. The maximum absolute atomic E-state index is 13.4. The monoisotopic (exact) mass is 453 g/mol. The topological polar surface area (TPSA) is 58.4 Å². The van der Waals surface area contributed by atoms with Crippen LogP contribution in [0.3, 0.4) is 0 Å². The highest BCUT2D eigenvalue weighted by molar-refractivity contribution is 7.98. The third kappa shape index (κ3) is 5.94. The molecule has 1 aliphatic rings. The van der Waals surface area contributed by atoms with Gasteiger partial charge in [-0.15, -0.1) is 24.8 Å². The Bertz CT molecular complexity index is 621. The van der Waals surface area contributed by atoms with Gasteiger partial charge in [-0.05, 0) is 55.9 Å². The zero-order valence-corrected chi connectivity index (χ0v) is 19.9. The maximum Gasteiger partial charge on any atom is 0.254 e. The number of carbonyl (C=O) groups is 1. The van der Waals surface area contributed by atoms with Crippen molar-refractivity contribution < 1.29 is 4.79 Å². The number of halogens is 2. The normalized spacial score (nSPS) is 23.2. The molecule has 2 rings (SSSR count). The van der Waals surface area contributed by atoms with Crippen molar-refractivity contribution in [2.75, 3.05) is 25.1 Å². The molecule has 3 atom stereocenters. The van der Waals surface area contributed by atoms with Crippen molar-refractivity contribution in [3.05, 3.63) is 34.9 Å². The highest BCUT2D eigenvalue weighted by Crippen LogP contribution is 2.29. The molecule has 3 N–H and O–H groups in total. The highest BCUT2D eigenvalue weighted by Gasteiger charge is 2.46. The van der Waals surface area contributed by atoms with Gasteiger partial charge in [0.05, 0.1) is 11.7 Å². The van der Waals surface area contributed by atoms with Crippen LogP contribution in [0.4, 0.5) is 0 Å². The van der Waals surface area contributed by atoms with E-state index in [1.807, 2.05) is 36.9 Å². The summed E-state index contributed by atoms with van der Waals surface area (Å²) < 4.78 is 0. The smallest absolute Gasteiger partial charge is 0.254 e. The second-order valence-corrected chi connectivity index (χ2v) is 8.53. The Hall–Kier alpha value is -0.110. The lowest BCUT2D eigenvalue weighted by molar-refractivity contribution is 0.0356.